The molecule has 0 unspecified atom stereocenters. The molecule has 1 aliphatic rings. The van der Waals surface area contributed by atoms with Crippen molar-refractivity contribution >= 4 is 29.2 Å². The third-order valence-corrected chi connectivity index (χ3v) is 5.03. The van der Waals surface area contributed by atoms with E-state index in [0.717, 1.165) is 10.3 Å². The summed E-state index contributed by atoms with van der Waals surface area (Å²) in [6, 6.07) is 1.93. The SMILES string of the molecule is COC(=O)c1sc(B2OC(C)(C)C(C)(C)O2)cc1C. The minimum Gasteiger partial charge on any atom is -0.465 e. The fraction of sp³-hybridized carbons (Fsp3) is 0.615. The molecule has 0 aliphatic carbocycles. The maximum atomic E-state index is 11.6. The molecule has 0 spiro atoms. The Morgan fingerprint density at radius 3 is 2.26 bits per heavy atom. The number of thiophene rings is 1. The predicted molar refractivity (Wildman–Crippen MR) is 76.1 cm³/mol. The molecule has 6 heteroatoms. The molecule has 0 amide bonds. The molecule has 1 aromatic rings. The zero-order chi connectivity index (χ0) is 14.4. The Morgan fingerprint density at radius 2 is 1.79 bits per heavy atom. The van der Waals surface area contributed by atoms with Gasteiger partial charge in [0, 0.05) is 4.78 Å². The molecule has 0 radical (unpaired) electrons. The summed E-state index contributed by atoms with van der Waals surface area (Å²) in [7, 11) is 0.961. The normalized spacial score (nSPS) is 20.6. The molecule has 0 N–H and O–H groups in total. The average molecular weight is 282 g/mol. The summed E-state index contributed by atoms with van der Waals surface area (Å²) in [5, 5.41) is 0. The maximum Gasteiger partial charge on any atom is 0.505 e. The van der Waals surface area contributed by atoms with Crippen molar-refractivity contribution in [2.75, 3.05) is 7.11 Å². The van der Waals surface area contributed by atoms with Gasteiger partial charge in [-0.25, -0.2) is 4.79 Å². The molecule has 0 aromatic carbocycles. The van der Waals surface area contributed by atoms with Crippen molar-refractivity contribution in [2.24, 2.45) is 0 Å². The third-order valence-electron chi connectivity index (χ3n) is 3.79. The van der Waals surface area contributed by atoms with E-state index in [0.29, 0.717) is 4.88 Å². The number of rotatable bonds is 2. The van der Waals surface area contributed by atoms with Crippen LogP contribution in [-0.4, -0.2) is 31.4 Å². The van der Waals surface area contributed by atoms with E-state index in [1.54, 1.807) is 0 Å². The summed E-state index contributed by atoms with van der Waals surface area (Å²) in [5.74, 6) is -0.315. The highest BCUT2D eigenvalue weighted by Gasteiger charge is 2.52. The van der Waals surface area contributed by atoms with Crippen LogP contribution in [0.1, 0.15) is 42.9 Å². The summed E-state index contributed by atoms with van der Waals surface area (Å²) in [5.41, 5.74) is 0.142. The van der Waals surface area contributed by atoms with Crippen LogP contribution in [0, 0.1) is 6.92 Å². The summed E-state index contributed by atoms with van der Waals surface area (Å²) in [6.07, 6.45) is 0. The summed E-state index contributed by atoms with van der Waals surface area (Å²) >= 11 is 1.37. The summed E-state index contributed by atoms with van der Waals surface area (Å²) in [4.78, 5) is 12.2. The van der Waals surface area contributed by atoms with Gasteiger partial charge in [-0.1, -0.05) is 0 Å². The first-order chi connectivity index (χ1) is 8.68. The van der Waals surface area contributed by atoms with Gasteiger partial charge in [0.05, 0.1) is 18.3 Å². The van der Waals surface area contributed by atoms with Crippen molar-refractivity contribution in [3.05, 3.63) is 16.5 Å². The molecule has 0 bridgehead atoms. The molecular formula is C13H19BO4S. The maximum absolute atomic E-state index is 11.6. The van der Waals surface area contributed by atoms with Crippen LogP contribution in [0.2, 0.25) is 0 Å². The first-order valence-electron chi connectivity index (χ1n) is 6.22. The quantitative estimate of drug-likeness (QED) is 0.616. The van der Waals surface area contributed by atoms with E-state index in [-0.39, 0.29) is 17.2 Å². The van der Waals surface area contributed by atoms with Gasteiger partial charge < -0.3 is 14.0 Å². The lowest BCUT2D eigenvalue weighted by Crippen LogP contribution is -2.41. The monoisotopic (exact) mass is 282 g/mol. The lowest BCUT2D eigenvalue weighted by atomic mass is 9.87. The standard InChI is InChI=1S/C13H19BO4S/c1-8-7-9(19-10(8)11(15)16-6)14-17-12(2,3)13(4,5)18-14/h7H,1-6H3. The second kappa shape index (κ2) is 4.61. The van der Waals surface area contributed by atoms with Gasteiger partial charge in [-0.15, -0.1) is 11.3 Å². The van der Waals surface area contributed by atoms with Crippen LogP contribution in [0.15, 0.2) is 6.07 Å². The molecule has 1 saturated heterocycles. The van der Waals surface area contributed by atoms with E-state index in [1.165, 1.54) is 18.4 Å². The summed E-state index contributed by atoms with van der Waals surface area (Å²) in [6.45, 7) is 9.92. The average Bonchev–Trinajstić information content (AvgIpc) is 2.77. The van der Waals surface area contributed by atoms with E-state index >= 15 is 0 Å². The highest BCUT2D eigenvalue weighted by atomic mass is 32.1. The predicted octanol–water partition coefficient (Wildman–Crippen LogP) is 2.14. The zero-order valence-electron chi connectivity index (χ0n) is 12.2. The lowest BCUT2D eigenvalue weighted by molar-refractivity contribution is 0.00578. The number of carbonyl (C=O) groups excluding carboxylic acids is 1. The van der Waals surface area contributed by atoms with E-state index in [9.17, 15) is 4.79 Å². The fourth-order valence-corrected chi connectivity index (χ4v) is 2.93. The number of methoxy groups -OCH3 is 1. The summed E-state index contributed by atoms with van der Waals surface area (Å²) < 4.78 is 17.6. The Labute approximate surface area is 118 Å². The van der Waals surface area contributed by atoms with E-state index < -0.39 is 7.12 Å². The number of hydrogen-bond acceptors (Lipinski definition) is 5. The molecule has 1 aromatic heterocycles. The highest BCUT2D eigenvalue weighted by molar-refractivity contribution is 7.24. The first-order valence-corrected chi connectivity index (χ1v) is 7.04. The number of esters is 1. The Kier molecular flexibility index (Phi) is 3.54. The molecule has 104 valence electrons. The Morgan fingerprint density at radius 1 is 1.26 bits per heavy atom. The number of carbonyl (C=O) groups is 1. The largest absolute Gasteiger partial charge is 0.505 e. The van der Waals surface area contributed by atoms with Crippen LogP contribution in [0.3, 0.4) is 0 Å². The molecule has 0 saturated carbocycles. The molecule has 1 aliphatic heterocycles. The molecule has 19 heavy (non-hydrogen) atoms. The van der Waals surface area contributed by atoms with Crippen molar-refractivity contribution in [1.82, 2.24) is 0 Å². The molecular weight excluding hydrogens is 263 g/mol. The smallest absolute Gasteiger partial charge is 0.465 e. The van der Waals surface area contributed by atoms with Gasteiger partial charge in [-0.3, -0.25) is 0 Å². The van der Waals surface area contributed by atoms with Gasteiger partial charge >= 0.3 is 13.1 Å². The molecule has 2 heterocycles. The van der Waals surface area contributed by atoms with Crippen LogP contribution in [0.5, 0.6) is 0 Å². The second-order valence-electron chi connectivity index (χ2n) is 5.74. The topological polar surface area (TPSA) is 44.8 Å². The van der Waals surface area contributed by atoms with E-state index in [4.69, 9.17) is 14.0 Å². The van der Waals surface area contributed by atoms with Gasteiger partial charge in [-0.05, 0) is 46.2 Å². The Bertz CT molecular complexity index is 491. The Hall–Kier alpha value is -0.845. The van der Waals surface area contributed by atoms with E-state index in [1.807, 2.05) is 40.7 Å². The number of hydrogen-bond donors (Lipinski definition) is 0. The highest BCUT2D eigenvalue weighted by Crippen LogP contribution is 2.37. The minimum atomic E-state index is -0.424. The first kappa shape index (κ1) is 14.6. The van der Waals surface area contributed by atoms with Crippen molar-refractivity contribution < 1.29 is 18.8 Å². The number of ether oxygens (including phenoxy) is 1. The van der Waals surface area contributed by atoms with Crippen LogP contribution in [0.4, 0.5) is 0 Å². The van der Waals surface area contributed by atoms with Gasteiger partial charge in [0.25, 0.3) is 0 Å². The Balaban J connectivity index is 2.28. The molecule has 0 atom stereocenters. The van der Waals surface area contributed by atoms with Crippen LogP contribution < -0.4 is 4.78 Å². The molecule has 1 fully saturated rings. The van der Waals surface area contributed by atoms with Crippen molar-refractivity contribution in [3.8, 4) is 0 Å². The second-order valence-corrected chi connectivity index (χ2v) is 6.82. The van der Waals surface area contributed by atoms with Crippen LogP contribution >= 0.6 is 11.3 Å². The van der Waals surface area contributed by atoms with Crippen molar-refractivity contribution in [1.29, 1.82) is 0 Å². The molecule has 2 rings (SSSR count). The third kappa shape index (κ3) is 2.44. The fourth-order valence-electron chi connectivity index (χ4n) is 1.88. The van der Waals surface area contributed by atoms with Crippen molar-refractivity contribution in [2.45, 2.75) is 45.8 Å². The van der Waals surface area contributed by atoms with Crippen molar-refractivity contribution in [3.63, 3.8) is 0 Å². The molecule has 4 nitrogen and oxygen atoms in total. The zero-order valence-corrected chi connectivity index (χ0v) is 13.0. The van der Waals surface area contributed by atoms with Gasteiger partial charge in [0.2, 0.25) is 0 Å². The van der Waals surface area contributed by atoms with E-state index in [2.05, 4.69) is 0 Å². The lowest BCUT2D eigenvalue weighted by Gasteiger charge is -2.32. The van der Waals surface area contributed by atoms with Gasteiger partial charge in [0.1, 0.15) is 4.88 Å². The van der Waals surface area contributed by atoms with Gasteiger partial charge in [0.15, 0.2) is 0 Å². The van der Waals surface area contributed by atoms with Crippen LogP contribution in [-0.2, 0) is 14.0 Å². The van der Waals surface area contributed by atoms with Crippen LogP contribution in [0.25, 0.3) is 0 Å². The van der Waals surface area contributed by atoms with Gasteiger partial charge in [-0.2, -0.15) is 0 Å². The minimum absolute atomic E-state index is 0.315. The number of aryl methyl sites for hydroxylation is 1.